The zero-order chi connectivity index (χ0) is 13.0. The molecular formula is C13H16ClNO3. The quantitative estimate of drug-likeness (QED) is 0.625. The van der Waals surface area contributed by atoms with Crippen LogP contribution in [0.25, 0.3) is 0 Å². The maximum atomic E-state index is 11.4. The highest BCUT2D eigenvalue weighted by molar-refractivity contribution is 6.29. The molecule has 0 bridgehead atoms. The van der Waals surface area contributed by atoms with Crippen LogP contribution in [-0.4, -0.2) is 24.2 Å². The molecule has 1 aromatic rings. The van der Waals surface area contributed by atoms with E-state index in [9.17, 15) is 4.79 Å². The molecule has 0 N–H and O–H groups in total. The van der Waals surface area contributed by atoms with Crippen LogP contribution in [0.1, 0.15) is 25.7 Å². The van der Waals surface area contributed by atoms with Gasteiger partial charge in [0.1, 0.15) is 11.3 Å². The molecule has 18 heavy (non-hydrogen) atoms. The van der Waals surface area contributed by atoms with E-state index in [0.717, 1.165) is 25.7 Å². The Bertz CT molecular complexity index is 416. The predicted molar refractivity (Wildman–Crippen MR) is 67.6 cm³/mol. The lowest BCUT2D eigenvalue weighted by Crippen LogP contribution is -2.28. The van der Waals surface area contributed by atoms with Crippen molar-refractivity contribution in [2.45, 2.75) is 31.8 Å². The number of carbonyl (C=O) groups excluding carboxylic acids is 1. The van der Waals surface area contributed by atoms with Crippen LogP contribution in [0.4, 0.5) is 0 Å². The maximum absolute atomic E-state index is 11.4. The summed E-state index contributed by atoms with van der Waals surface area (Å²) in [6, 6.07) is 5.31. The fourth-order valence-electron chi connectivity index (χ4n) is 2.21. The summed E-state index contributed by atoms with van der Waals surface area (Å²) in [6.07, 6.45) is 3.40. The van der Waals surface area contributed by atoms with Crippen LogP contribution >= 0.6 is 11.6 Å². The van der Waals surface area contributed by atoms with E-state index in [0.29, 0.717) is 11.0 Å². The van der Waals surface area contributed by atoms with Crippen molar-refractivity contribution >= 4 is 17.6 Å². The molecule has 1 heterocycles. The standard InChI is InChI=1S/C13H16ClNO3/c1-17-13(16)9-5-7-10(8-6-9)18-12-4-2-3-11(14)15-12/h2-4,9-10H,5-8H2,1H3. The van der Waals surface area contributed by atoms with Gasteiger partial charge in [0, 0.05) is 6.07 Å². The molecule has 98 valence electrons. The van der Waals surface area contributed by atoms with Gasteiger partial charge in [0.2, 0.25) is 5.88 Å². The number of pyridine rings is 1. The summed E-state index contributed by atoms with van der Waals surface area (Å²) >= 11 is 5.79. The van der Waals surface area contributed by atoms with Crippen molar-refractivity contribution in [2.24, 2.45) is 5.92 Å². The van der Waals surface area contributed by atoms with E-state index in [4.69, 9.17) is 21.1 Å². The second-order valence-corrected chi connectivity index (χ2v) is 4.80. The molecule has 0 amide bonds. The lowest BCUT2D eigenvalue weighted by atomic mass is 9.87. The van der Waals surface area contributed by atoms with Gasteiger partial charge in [-0.15, -0.1) is 0 Å². The molecule has 1 aromatic heterocycles. The molecule has 2 rings (SSSR count). The molecule has 1 saturated carbocycles. The highest BCUT2D eigenvalue weighted by atomic mass is 35.5. The largest absolute Gasteiger partial charge is 0.474 e. The Hall–Kier alpha value is -1.29. The summed E-state index contributed by atoms with van der Waals surface area (Å²) in [7, 11) is 1.43. The summed E-state index contributed by atoms with van der Waals surface area (Å²) in [5.41, 5.74) is 0. The van der Waals surface area contributed by atoms with E-state index in [1.807, 2.05) is 6.07 Å². The molecule has 0 spiro atoms. The van der Waals surface area contributed by atoms with E-state index in [2.05, 4.69) is 4.98 Å². The molecule has 0 aliphatic heterocycles. The second-order valence-electron chi connectivity index (χ2n) is 4.41. The smallest absolute Gasteiger partial charge is 0.308 e. The molecule has 5 heteroatoms. The molecule has 1 aliphatic carbocycles. The van der Waals surface area contributed by atoms with Crippen LogP contribution in [0.5, 0.6) is 5.88 Å². The Morgan fingerprint density at radius 2 is 2.06 bits per heavy atom. The van der Waals surface area contributed by atoms with Gasteiger partial charge in [-0.3, -0.25) is 4.79 Å². The number of hydrogen-bond acceptors (Lipinski definition) is 4. The molecule has 0 unspecified atom stereocenters. The number of methoxy groups -OCH3 is 1. The average molecular weight is 270 g/mol. The zero-order valence-electron chi connectivity index (χ0n) is 10.3. The van der Waals surface area contributed by atoms with Crippen molar-refractivity contribution in [2.75, 3.05) is 7.11 Å². The van der Waals surface area contributed by atoms with Gasteiger partial charge in [-0.1, -0.05) is 17.7 Å². The Morgan fingerprint density at radius 1 is 1.33 bits per heavy atom. The number of halogens is 1. The van der Waals surface area contributed by atoms with E-state index in [-0.39, 0.29) is 18.0 Å². The number of ether oxygens (including phenoxy) is 2. The topological polar surface area (TPSA) is 48.4 Å². The van der Waals surface area contributed by atoms with Gasteiger partial charge in [0.25, 0.3) is 0 Å². The minimum absolute atomic E-state index is 0.0159. The molecule has 0 aromatic carbocycles. The summed E-state index contributed by atoms with van der Waals surface area (Å²) in [5, 5.41) is 0.427. The van der Waals surface area contributed by atoms with Crippen molar-refractivity contribution in [3.8, 4) is 5.88 Å². The molecule has 1 fully saturated rings. The van der Waals surface area contributed by atoms with Crippen LogP contribution in [0.2, 0.25) is 5.15 Å². The van der Waals surface area contributed by atoms with Crippen LogP contribution < -0.4 is 4.74 Å². The maximum Gasteiger partial charge on any atom is 0.308 e. The third kappa shape index (κ3) is 3.35. The molecule has 0 atom stereocenters. The van der Waals surface area contributed by atoms with Crippen LogP contribution in [0.15, 0.2) is 18.2 Å². The van der Waals surface area contributed by atoms with E-state index in [1.54, 1.807) is 12.1 Å². The molecular weight excluding hydrogens is 254 g/mol. The number of nitrogens with zero attached hydrogens (tertiary/aromatic N) is 1. The summed E-state index contributed by atoms with van der Waals surface area (Å²) < 4.78 is 10.5. The Labute approximate surface area is 111 Å². The van der Waals surface area contributed by atoms with E-state index < -0.39 is 0 Å². The summed E-state index contributed by atoms with van der Waals surface area (Å²) in [5.74, 6) is 0.445. The monoisotopic (exact) mass is 269 g/mol. The van der Waals surface area contributed by atoms with Crippen molar-refractivity contribution in [3.63, 3.8) is 0 Å². The van der Waals surface area contributed by atoms with Gasteiger partial charge in [0.15, 0.2) is 0 Å². The third-order valence-electron chi connectivity index (χ3n) is 3.19. The number of aromatic nitrogens is 1. The first-order valence-electron chi connectivity index (χ1n) is 6.06. The van der Waals surface area contributed by atoms with Gasteiger partial charge in [0.05, 0.1) is 13.0 Å². The van der Waals surface area contributed by atoms with Gasteiger partial charge in [-0.25, -0.2) is 4.98 Å². The fourth-order valence-corrected chi connectivity index (χ4v) is 2.37. The first kappa shape index (κ1) is 13.1. The van der Waals surface area contributed by atoms with Crippen LogP contribution in [-0.2, 0) is 9.53 Å². The first-order valence-corrected chi connectivity index (χ1v) is 6.44. The lowest BCUT2D eigenvalue weighted by molar-refractivity contribution is -0.147. The highest BCUT2D eigenvalue weighted by Crippen LogP contribution is 2.28. The van der Waals surface area contributed by atoms with Crippen molar-refractivity contribution < 1.29 is 14.3 Å². The number of rotatable bonds is 3. The normalized spacial score (nSPS) is 23.4. The van der Waals surface area contributed by atoms with Gasteiger partial charge < -0.3 is 9.47 Å². The van der Waals surface area contributed by atoms with Crippen molar-refractivity contribution in [1.82, 2.24) is 4.98 Å². The summed E-state index contributed by atoms with van der Waals surface area (Å²) in [6.45, 7) is 0. The first-order chi connectivity index (χ1) is 8.69. The van der Waals surface area contributed by atoms with Crippen molar-refractivity contribution in [3.05, 3.63) is 23.4 Å². The predicted octanol–water partition coefficient (Wildman–Crippen LogP) is 2.85. The van der Waals surface area contributed by atoms with Gasteiger partial charge in [-0.2, -0.15) is 0 Å². The lowest BCUT2D eigenvalue weighted by Gasteiger charge is -2.27. The van der Waals surface area contributed by atoms with Gasteiger partial charge in [-0.05, 0) is 31.7 Å². The molecule has 0 saturated heterocycles. The van der Waals surface area contributed by atoms with Gasteiger partial charge >= 0.3 is 5.97 Å². The molecule has 0 radical (unpaired) electrons. The third-order valence-corrected chi connectivity index (χ3v) is 3.40. The minimum atomic E-state index is -0.116. The Morgan fingerprint density at radius 3 is 2.67 bits per heavy atom. The van der Waals surface area contributed by atoms with Crippen LogP contribution in [0.3, 0.4) is 0 Å². The van der Waals surface area contributed by atoms with E-state index >= 15 is 0 Å². The molecule has 1 aliphatic rings. The minimum Gasteiger partial charge on any atom is -0.474 e. The summed E-state index contributed by atoms with van der Waals surface area (Å²) in [4.78, 5) is 15.5. The zero-order valence-corrected chi connectivity index (χ0v) is 11.0. The Kier molecular flexibility index (Phi) is 4.42. The van der Waals surface area contributed by atoms with Crippen LogP contribution in [0, 0.1) is 5.92 Å². The SMILES string of the molecule is COC(=O)C1CCC(Oc2cccc(Cl)n2)CC1. The number of esters is 1. The highest BCUT2D eigenvalue weighted by Gasteiger charge is 2.27. The number of carbonyl (C=O) groups is 1. The molecule has 4 nitrogen and oxygen atoms in total. The Balaban J connectivity index is 1.85. The average Bonchev–Trinajstić information content (AvgIpc) is 2.39. The van der Waals surface area contributed by atoms with Crippen molar-refractivity contribution in [1.29, 1.82) is 0 Å². The number of hydrogen-bond donors (Lipinski definition) is 0. The van der Waals surface area contributed by atoms with E-state index in [1.165, 1.54) is 7.11 Å². The second kappa shape index (κ2) is 6.05. The fraction of sp³-hybridized carbons (Fsp3) is 0.538.